The maximum atomic E-state index is 11.3. The molecule has 0 saturated heterocycles. The van der Waals surface area contributed by atoms with Crippen molar-refractivity contribution >= 4 is 28.5 Å². The monoisotopic (exact) mass is 285 g/mol. The average Bonchev–Trinajstić information content (AvgIpc) is 2.84. The number of aromatic carboxylic acids is 1. The standard InChI is InChI=1S/C16H12ClNO2/c17-14-7-2-1-4-12(14)10-18-9-8-11-5-3-6-13(15(11)18)16(19)20/h1-9H,10H2,(H,19,20). The minimum absolute atomic E-state index is 0.305. The molecule has 3 nitrogen and oxygen atoms in total. The summed E-state index contributed by atoms with van der Waals surface area (Å²) in [6, 6.07) is 14.8. The quantitative estimate of drug-likeness (QED) is 0.789. The number of fused-ring (bicyclic) bond motifs is 1. The van der Waals surface area contributed by atoms with Crippen molar-refractivity contribution in [1.82, 2.24) is 4.57 Å². The van der Waals surface area contributed by atoms with Crippen LogP contribution in [0.3, 0.4) is 0 Å². The Bertz CT molecular complexity index is 792. The van der Waals surface area contributed by atoms with E-state index in [9.17, 15) is 9.90 Å². The van der Waals surface area contributed by atoms with Gasteiger partial charge < -0.3 is 9.67 Å². The van der Waals surface area contributed by atoms with Crippen LogP contribution in [0.25, 0.3) is 10.9 Å². The Labute approximate surface area is 121 Å². The first-order valence-corrected chi connectivity index (χ1v) is 6.59. The summed E-state index contributed by atoms with van der Waals surface area (Å²) in [5.74, 6) is -0.922. The van der Waals surface area contributed by atoms with Crippen molar-refractivity contribution in [2.45, 2.75) is 6.54 Å². The first kappa shape index (κ1) is 12.8. The molecule has 3 aromatic rings. The summed E-state index contributed by atoms with van der Waals surface area (Å²) in [5, 5.41) is 10.9. The zero-order chi connectivity index (χ0) is 14.1. The molecule has 4 heteroatoms. The Morgan fingerprint density at radius 1 is 1.10 bits per heavy atom. The zero-order valence-corrected chi connectivity index (χ0v) is 11.3. The Kier molecular flexibility index (Phi) is 3.20. The smallest absolute Gasteiger partial charge is 0.337 e. The summed E-state index contributed by atoms with van der Waals surface area (Å²) in [4.78, 5) is 11.3. The fourth-order valence-corrected chi connectivity index (χ4v) is 2.57. The predicted molar refractivity (Wildman–Crippen MR) is 79.5 cm³/mol. The van der Waals surface area contributed by atoms with E-state index in [0.29, 0.717) is 17.1 Å². The second-order valence-electron chi connectivity index (χ2n) is 4.58. The van der Waals surface area contributed by atoms with E-state index >= 15 is 0 Å². The van der Waals surface area contributed by atoms with Gasteiger partial charge in [-0.05, 0) is 23.8 Å². The Morgan fingerprint density at radius 2 is 1.90 bits per heavy atom. The highest BCUT2D eigenvalue weighted by atomic mass is 35.5. The number of benzene rings is 2. The highest BCUT2D eigenvalue weighted by Crippen LogP contribution is 2.23. The van der Waals surface area contributed by atoms with Crippen LogP contribution in [0.1, 0.15) is 15.9 Å². The number of carboxylic acids is 1. The number of hydrogen-bond donors (Lipinski definition) is 1. The van der Waals surface area contributed by atoms with Gasteiger partial charge in [0, 0.05) is 23.2 Å². The molecule has 20 heavy (non-hydrogen) atoms. The third-order valence-corrected chi connectivity index (χ3v) is 3.69. The SMILES string of the molecule is O=C(O)c1cccc2ccn(Cc3ccccc3Cl)c12. The van der Waals surface area contributed by atoms with Crippen molar-refractivity contribution in [2.24, 2.45) is 0 Å². The van der Waals surface area contributed by atoms with Gasteiger partial charge in [-0.2, -0.15) is 0 Å². The van der Waals surface area contributed by atoms with Crippen LogP contribution in [-0.4, -0.2) is 15.6 Å². The van der Waals surface area contributed by atoms with E-state index in [1.807, 2.05) is 47.2 Å². The molecule has 0 aliphatic heterocycles. The molecule has 1 N–H and O–H groups in total. The number of aromatic nitrogens is 1. The average molecular weight is 286 g/mol. The molecular formula is C16H12ClNO2. The van der Waals surface area contributed by atoms with E-state index in [4.69, 9.17) is 11.6 Å². The number of hydrogen-bond acceptors (Lipinski definition) is 1. The van der Waals surface area contributed by atoms with Crippen molar-refractivity contribution in [2.75, 3.05) is 0 Å². The molecule has 100 valence electrons. The van der Waals surface area contributed by atoms with Crippen molar-refractivity contribution in [1.29, 1.82) is 0 Å². The van der Waals surface area contributed by atoms with E-state index < -0.39 is 5.97 Å². The lowest BCUT2D eigenvalue weighted by molar-refractivity contribution is 0.0698. The maximum absolute atomic E-state index is 11.3. The Hall–Kier alpha value is -2.26. The molecule has 0 radical (unpaired) electrons. The van der Waals surface area contributed by atoms with Crippen LogP contribution >= 0.6 is 11.6 Å². The summed E-state index contributed by atoms with van der Waals surface area (Å²) < 4.78 is 1.92. The van der Waals surface area contributed by atoms with Crippen molar-refractivity contribution in [3.63, 3.8) is 0 Å². The van der Waals surface area contributed by atoms with Gasteiger partial charge in [0.25, 0.3) is 0 Å². The number of carbonyl (C=O) groups is 1. The lowest BCUT2D eigenvalue weighted by Gasteiger charge is -2.09. The number of halogens is 1. The second kappa shape index (κ2) is 5.02. The van der Waals surface area contributed by atoms with E-state index in [1.165, 1.54) is 0 Å². The highest BCUT2D eigenvalue weighted by molar-refractivity contribution is 6.31. The van der Waals surface area contributed by atoms with Crippen molar-refractivity contribution in [3.05, 3.63) is 70.9 Å². The van der Waals surface area contributed by atoms with Gasteiger partial charge in [-0.3, -0.25) is 0 Å². The normalized spacial score (nSPS) is 10.8. The number of nitrogens with zero attached hydrogens (tertiary/aromatic N) is 1. The number of para-hydroxylation sites is 1. The van der Waals surface area contributed by atoms with E-state index in [1.54, 1.807) is 12.1 Å². The van der Waals surface area contributed by atoms with Gasteiger partial charge >= 0.3 is 5.97 Å². The summed E-state index contributed by atoms with van der Waals surface area (Å²) in [7, 11) is 0. The Balaban J connectivity index is 2.13. The third kappa shape index (κ3) is 2.17. The lowest BCUT2D eigenvalue weighted by atomic mass is 10.1. The van der Waals surface area contributed by atoms with Crippen molar-refractivity contribution in [3.8, 4) is 0 Å². The molecule has 0 spiro atoms. The van der Waals surface area contributed by atoms with Gasteiger partial charge in [-0.15, -0.1) is 0 Å². The summed E-state index contributed by atoms with van der Waals surface area (Å²) in [6.07, 6.45) is 1.89. The number of carboxylic acid groups (broad SMARTS) is 1. The molecule has 1 aromatic heterocycles. The zero-order valence-electron chi connectivity index (χ0n) is 10.6. The first-order valence-electron chi connectivity index (χ1n) is 6.21. The molecule has 0 amide bonds. The minimum Gasteiger partial charge on any atom is -0.478 e. The van der Waals surface area contributed by atoms with Gasteiger partial charge in [0.2, 0.25) is 0 Å². The van der Waals surface area contributed by atoms with Gasteiger partial charge in [0.1, 0.15) is 0 Å². The van der Waals surface area contributed by atoms with E-state index in [2.05, 4.69) is 0 Å². The van der Waals surface area contributed by atoms with Crippen LogP contribution < -0.4 is 0 Å². The van der Waals surface area contributed by atoms with Gasteiger partial charge in [0.05, 0.1) is 11.1 Å². The largest absolute Gasteiger partial charge is 0.478 e. The predicted octanol–water partition coefficient (Wildman–Crippen LogP) is 4.04. The lowest BCUT2D eigenvalue weighted by Crippen LogP contribution is -2.04. The molecule has 0 unspecified atom stereocenters. The molecule has 0 atom stereocenters. The molecule has 0 fully saturated rings. The van der Waals surface area contributed by atoms with Crippen LogP contribution in [-0.2, 0) is 6.54 Å². The summed E-state index contributed by atoms with van der Waals surface area (Å²) in [5.41, 5.74) is 1.99. The summed E-state index contributed by atoms with van der Waals surface area (Å²) >= 11 is 6.17. The van der Waals surface area contributed by atoms with E-state index in [-0.39, 0.29) is 0 Å². The van der Waals surface area contributed by atoms with Crippen LogP contribution in [0.2, 0.25) is 5.02 Å². The van der Waals surface area contributed by atoms with Crippen LogP contribution in [0, 0.1) is 0 Å². The second-order valence-corrected chi connectivity index (χ2v) is 4.99. The van der Waals surface area contributed by atoms with Crippen molar-refractivity contribution < 1.29 is 9.90 Å². The fourth-order valence-electron chi connectivity index (χ4n) is 2.38. The molecule has 0 saturated carbocycles. The van der Waals surface area contributed by atoms with Gasteiger partial charge in [-0.25, -0.2) is 4.79 Å². The van der Waals surface area contributed by atoms with Crippen LogP contribution in [0.5, 0.6) is 0 Å². The molecule has 1 heterocycles. The minimum atomic E-state index is -0.922. The topological polar surface area (TPSA) is 42.2 Å². The maximum Gasteiger partial charge on any atom is 0.337 e. The summed E-state index contributed by atoms with van der Waals surface area (Å²) in [6.45, 7) is 0.549. The molecule has 0 aliphatic rings. The molecule has 0 bridgehead atoms. The van der Waals surface area contributed by atoms with Gasteiger partial charge in [-0.1, -0.05) is 41.9 Å². The molecule has 0 aliphatic carbocycles. The highest BCUT2D eigenvalue weighted by Gasteiger charge is 2.12. The fraction of sp³-hybridized carbons (Fsp3) is 0.0625. The van der Waals surface area contributed by atoms with Gasteiger partial charge in [0.15, 0.2) is 0 Å². The van der Waals surface area contributed by atoms with E-state index in [0.717, 1.165) is 16.5 Å². The first-order chi connectivity index (χ1) is 9.66. The third-order valence-electron chi connectivity index (χ3n) is 3.32. The number of rotatable bonds is 3. The van der Waals surface area contributed by atoms with Crippen LogP contribution in [0.4, 0.5) is 0 Å². The molecular weight excluding hydrogens is 274 g/mol. The molecule has 3 rings (SSSR count). The van der Waals surface area contributed by atoms with Crippen LogP contribution in [0.15, 0.2) is 54.7 Å². The molecule has 2 aromatic carbocycles. The Morgan fingerprint density at radius 3 is 2.65 bits per heavy atom.